The van der Waals surface area contributed by atoms with Crippen LogP contribution >= 0.6 is 0 Å². The molecule has 1 aromatic carbocycles. The van der Waals surface area contributed by atoms with Crippen molar-refractivity contribution in [3.05, 3.63) is 65.0 Å². The number of pyridine rings is 2. The van der Waals surface area contributed by atoms with Crippen LogP contribution in [0.1, 0.15) is 60.8 Å². The Morgan fingerprint density at radius 1 is 1.06 bits per heavy atom. The summed E-state index contributed by atoms with van der Waals surface area (Å²) in [6.45, 7) is 0.597. The number of anilines is 1. The van der Waals surface area contributed by atoms with Gasteiger partial charge in [-0.05, 0) is 66.6 Å². The molecule has 1 atom stereocenters. The first kappa shape index (κ1) is 20.3. The Morgan fingerprint density at radius 3 is 2.64 bits per heavy atom. The first-order valence-corrected chi connectivity index (χ1v) is 12.0. The van der Waals surface area contributed by atoms with E-state index in [9.17, 15) is 9.59 Å². The van der Waals surface area contributed by atoms with Gasteiger partial charge < -0.3 is 10.2 Å². The Hall–Kier alpha value is -3.28. The summed E-state index contributed by atoms with van der Waals surface area (Å²) in [5, 5.41) is 4.04. The zero-order valence-electron chi connectivity index (χ0n) is 18.7. The van der Waals surface area contributed by atoms with Crippen LogP contribution < -0.4 is 5.32 Å². The number of nitrogens with one attached hydrogen (secondary N) is 1. The van der Waals surface area contributed by atoms with E-state index in [0.717, 1.165) is 41.3 Å². The molecular formula is C27H28N4O2. The van der Waals surface area contributed by atoms with Crippen LogP contribution in [0.25, 0.3) is 10.9 Å². The Kier molecular flexibility index (Phi) is 4.89. The van der Waals surface area contributed by atoms with Gasteiger partial charge in [-0.3, -0.25) is 14.6 Å². The fourth-order valence-corrected chi connectivity index (χ4v) is 6.08. The van der Waals surface area contributed by atoms with Crippen LogP contribution in [0.5, 0.6) is 0 Å². The van der Waals surface area contributed by atoms with E-state index in [1.807, 2.05) is 23.2 Å². The van der Waals surface area contributed by atoms with Crippen LogP contribution in [0, 0.1) is 0 Å². The molecule has 0 radical (unpaired) electrons. The molecular weight excluding hydrogens is 412 g/mol. The highest BCUT2D eigenvalue weighted by molar-refractivity contribution is 6.06. The fourth-order valence-electron chi connectivity index (χ4n) is 6.08. The van der Waals surface area contributed by atoms with Crippen LogP contribution in [0.4, 0.5) is 5.82 Å². The van der Waals surface area contributed by atoms with Gasteiger partial charge in [-0.15, -0.1) is 0 Å². The summed E-state index contributed by atoms with van der Waals surface area (Å²) in [6.07, 6.45) is 13.1. The first-order valence-electron chi connectivity index (χ1n) is 12.0. The van der Waals surface area contributed by atoms with E-state index >= 15 is 0 Å². The minimum absolute atomic E-state index is 0.0372. The van der Waals surface area contributed by atoms with Crippen LogP contribution in [0.15, 0.2) is 42.7 Å². The van der Waals surface area contributed by atoms with Crippen molar-refractivity contribution < 1.29 is 9.59 Å². The van der Waals surface area contributed by atoms with Gasteiger partial charge in [0.15, 0.2) is 0 Å². The molecule has 1 spiro atoms. The standard InChI is InChI=1S/C27H28N4O2/c32-17-31(22-6-3-1-2-4-7-22)16-18-10-19-11-20-13-27(14-21(20)12-24(19)29-15-18)23-8-5-9-28-25(23)30-26(27)33/h5,8-12,15,17,22H,1-4,6-7,13-14,16H2,(H,28,30,33). The lowest BCUT2D eigenvalue weighted by molar-refractivity contribution is -0.121. The van der Waals surface area contributed by atoms with Gasteiger partial charge in [0.25, 0.3) is 0 Å². The van der Waals surface area contributed by atoms with Crippen molar-refractivity contribution in [1.82, 2.24) is 14.9 Å². The molecule has 1 saturated carbocycles. The van der Waals surface area contributed by atoms with E-state index < -0.39 is 5.41 Å². The third-order valence-electron chi connectivity index (χ3n) is 7.83. The van der Waals surface area contributed by atoms with Crippen LogP contribution in [-0.4, -0.2) is 33.2 Å². The van der Waals surface area contributed by atoms with Gasteiger partial charge in [0.1, 0.15) is 5.82 Å². The van der Waals surface area contributed by atoms with Crippen LogP contribution in [0.2, 0.25) is 0 Å². The van der Waals surface area contributed by atoms with Gasteiger partial charge in [0.2, 0.25) is 12.3 Å². The number of nitrogens with zero attached hydrogens (tertiary/aromatic N) is 3. The van der Waals surface area contributed by atoms with Gasteiger partial charge in [0, 0.05) is 35.9 Å². The number of rotatable bonds is 4. The Morgan fingerprint density at radius 2 is 1.85 bits per heavy atom. The predicted octanol–water partition coefficient (Wildman–Crippen LogP) is 4.30. The van der Waals surface area contributed by atoms with Crippen molar-refractivity contribution in [3.8, 4) is 0 Å². The van der Waals surface area contributed by atoms with Crippen molar-refractivity contribution in [2.45, 2.75) is 69.4 Å². The Labute approximate surface area is 193 Å². The summed E-state index contributed by atoms with van der Waals surface area (Å²) in [7, 11) is 0. The summed E-state index contributed by atoms with van der Waals surface area (Å²) >= 11 is 0. The lowest BCUT2D eigenvalue weighted by Gasteiger charge is -2.27. The molecule has 6 heteroatoms. The largest absolute Gasteiger partial charge is 0.338 e. The molecule has 3 aliphatic rings. The summed E-state index contributed by atoms with van der Waals surface area (Å²) in [5.41, 5.74) is 4.80. The fraction of sp³-hybridized carbons (Fsp3) is 0.407. The van der Waals surface area contributed by atoms with E-state index in [4.69, 9.17) is 4.98 Å². The second-order valence-electron chi connectivity index (χ2n) is 9.87. The second kappa shape index (κ2) is 7.94. The third-order valence-corrected chi connectivity index (χ3v) is 7.83. The summed E-state index contributed by atoms with van der Waals surface area (Å²) in [5.74, 6) is 0.725. The topological polar surface area (TPSA) is 75.2 Å². The maximum Gasteiger partial charge on any atom is 0.237 e. The minimum Gasteiger partial charge on any atom is -0.338 e. The number of benzene rings is 1. The predicted molar refractivity (Wildman–Crippen MR) is 127 cm³/mol. The molecule has 0 saturated heterocycles. The molecule has 2 aromatic heterocycles. The summed E-state index contributed by atoms with van der Waals surface area (Å²) < 4.78 is 0. The van der Waals surface area contributed by atoms with E-state index in [1.165, 1.54) is 36.8 Å². The SMILES string of the molecule is O=CN(Cc1cnc2cc3c(cc2c1)CC1(C3)C(=O)Nc2ncccc21)C1CCCCCC1. The molecule has 0 bridgehead atoms. The molecule has 33 heavy (non-hydrogen) atoms. The van der Waals surface area contributed by atoms with Gasteiger partial charge in [-0.25, -0.2) is 4.98 Å². The molecule has 3 heterocycles. The number of carbonyl (C=O) groups excluding carboxylic acids is 2. The maximum absolute atomic E-state index is 13.0. The Bertz CT molecular complexity index is 1250. The highest BCUT2D eigenvalue weighted by Crippen LogP contribution is 2.47. The van der Waals surface area contributed by atoms with Crippen molar-refractivity contribution >= 4 is 29.0 Å². The minimum atomic E-state index is -0.570. The second-order valence-corrected chi connectivity index (χ2v) is 9.87. The van der Waals surface area contributed by atoms with E-state index in [1.54, 1.807) is 6.20 Å². The highest BCUT2D eigenvalue weighted by atomic mass is 16.2. The molecule has 6 rings (SSSR count). The van der Waals surface area contributed by atoms with Crippen LogP contribution in [0.3, 0.4) is 0 Å². The smallest absolute Gasteiger partial charge is 0.237 e. The maximum atomic E-state index is 13.0. The zero-order valence-corrected chi connectivity index (χ0v) is 18.7. The molecule has 2 aliphatic carbocycles. The molecule has 1 fully saturated rings. The summed E-state index contributed by atoms with van der Waals surface area (Å²) in [6, 6.07) is 10.7. The average molecular weight is 441 g/mol. The van der Waals surface area contributed by atoms with E-state index in [0.29, 0.717) is 31.2 Å². The van der Waals surface area contributed by atoms with E-state index in [-0.39, 0.29) is 5.91 Å². The molecule has 1 aliphatic heterocycles. The number of hydrogen-bond acceptors (Lipinski definition) is 4. The highest BCUT2D eigenvalue weighted by Gasteiger charge is 2.51. The lowest BCUT2D eigenvalue weighted by Crippen LogP contribution is -2.35. The quantitative estimate of drug-likeness (QED) is 0.485. The molecule has 3 aromatic rings. The normalized spacial score (nSPS) is 22.1. The summed E-state index contributed by atoms with van der Waals surface area (Å²) in [4.78, 5) is 35.9. The molecule has 168 valence electrons. The monoisotopic (exact) mass is 440 g/mol. The lowest BCUT2D eigenvalue weighted by atomic mass is 9.79. The molecule has 1 N–H and O–H groups in total. The van der Waals surface area contributed by atoms with Crippen molar-refractivity contribution in [2.24, 2.45) is 0 Å². The van der Waals surface area contributed by atoms with Crippen LogP contribution in [-0.2, 0) is 34.4 Å². The van der Waals surface area contributed by atoms with Crippen molar-refractivity contribution in [2.75, 3.05) is 5.32 Å². The molecule has 2 amide bonds. The Balaban J connectivity index is 1.29. The average Bonchev–Trinajstić information content (AvgIpc) is 3.18. The third kappa shape index (κ3) is 3.39. The molecule has 1 unspecified atom stereocenters. The van der Waals surface area contributed by atoms with E-state index in [2.05, 4.69) is 28.5 Å². The van der Waals surface area contributed by atoms with Gasteiger partial charge in [-0.1, -0.05) is 31.7 Å². The number of carbonyl (C=O) groups is 2. The van der Waals surface area contributed by atoms with Crippen molar-refractivity contribution in [3.63, 3.8) is 0 Å². The van der Waals surface area contributed by atoms with Gasteiger partial charge >= 0.3 is 0 Å². The first-order chi connectivity index (χ1) is 16.2. The number of fused-ring (bicyclic) bond motifs is 4. The van der Waals surface area contributed by atoms with Crippen molar-refractivity contribution in [1.29, 1.82) is 0 Å². The number of hydrogen-bond donors (Lipinski definition) is 1. The number of amides is 2. The zero-order chi connectivity index (χ0) is 22.4. The van der Waals surface area contributed by atoms with Gasteiger partial charge in [-0.2, -0.15) is 0 Å². The van der Waals surface area contributed by atoms with Gasteiger partial charge in [0.05, 0.1) is 10.9 Å². The number of aromatic nitrogens is 2. The molecule has 6 nitrogen and oxygen atoms in total.